The van der Waals surface area contributed by atoms with Crippen LogP contribution in [0.15, 0.2) is 29.3 Å². The highest BCUT2D eigenvalue weighted by molar-refractivity contribution is 5.79. The molecule has 5 nitrogen and oxygen atoms in total. The van der Waals surface area contributed by atoms with Crippen LogP contribution in [0.1, 0.15) is 44.6 Å². The lowest BCUT2D eigenvalue weighted by Crippen LogP contribution is -2.37. The van der Waals surface area contributed by atoms with Gasteiger partial charge in [-0.25, -0.2) is 0 Å². The molecule has 0 amide bonds. The summed E-state index contributed by atoms with van der Waals surface area (Å²) in [7, 11) is 1.79. The van der Waals surface area contributed by atoms with E-state index in [9.17, 15) is 0 Å². The van der Waals surface area contributed by atoms with Gasteiger partial charge in [0.25, 0.3) is 0 Å². The summed E-state index contributed by atoms with van der Waals surface area (Å²) in [4.78, 5) is 4.27. The Balaban J connectivity index is 1.65. The van der Waals surface area contributed by atoms with Crippen molar-refractivity contribution < 1.29 is 9.47 Å². The highest BCUT2D eigenvalue weighted by Crippen LogP contribution is 2.20. The minimum absolute atomic E-state index is 0.498. The standard InChI is InChI=1S/C19H31N3O2/c1-3-23-18-12-7-4-9-16(18)15-22-19(20-2)21-13-8-14-24-17-10-5-6-11-17/h4,7,9,12,17H,3,5-6,8,10-11,13-15H2,1-2H3,(H2,20,21,22). The Hall–Kier alpha value is -1.75. The van der Waals surface area contributed by atoms with Crippen molar-refractivity contribution in [3.63, 3.8) is 0 Å². The van der Waals surface area contributed by atoms with E-state index < -0.39 is 0 Å². The van der Waals surface area contributed by atoms with Crippen molar-refractivity contribution in [1.82, 2.24) is 10.6 Å². The van der Waals surface area contributed by atoms with Crippen molar-refractivity contribution in [2.75, 3.05) is 26.8 Å². The monoisotopic (exact) mass is 333 g/mol. The first-order valence-electron chi connectivity index (χ1n) is 9.10. The van der Waals surface area contributed by atoms with E-state index in [1.165, 1.54) is 25.7 Å². The maximum atomic E-state index is 5.87. The SMILES string of the molecule is CCOc1ccccc1CNC(=NC)NCCCOC1CCCC1. The summed E-state index contributed by atoms with van der Waals surface area (Å²) in [6.45, 7) is 5.04. The van der Waals surface area contributed by atoms with E-state index in [1.807, 2.05) is 25.1 Å². The second kappa shape index (κ2) is 10.9. The number of nitrogens with zero attached hydrogens (tertiary/aromatic N) is 1. The van der Waals surface area contributed by atoms with Crippen molar-refractivity contribution in [2.24, 2.45) is 4.99 Å². The molecule has 0 bridgehead atoms. The van der Waals surface area contributed by atoms with E-state index >= 15 is 0 Å². The first-order valence-corrected chi connectivity index (χ1v) is 9.10. The molecule has 2 N–H and O–H groups in total. The zero-order chi connectivity index (χ0) is 17.0. The Morgan fingerprint density at radius 1 is 1.21 bits per heavy atom. The van der Waals surface area contributed by atoms with Crippen LogP contribution in [0, 0.1) is 0 Å². The van der Waals surface area contributed by atoms with Gasteiger partial charge in [-0.3, -0.25) is 4.99 Å². The van der Waals surface area contributed by atoms with Gasteiger partial charge in [0.15, 0.2) is 5.96 Å². The molecule has 0 heterocycles. The van der Waals surface area contributed by atoms with Gasteiger partial charge in [-0.05, 0) is 32.3 Å². The number of hydrogen-bond donors (Lipinski definition) is 2. The van der Waals surface area contributed by atoms with Gasteiger partial charge in [0.2, 0.25) is 0 Å². The number of aliphatic imine (C=N–C) groups is 1. The highest BCUT2D eigenvalue weighted by atomic mass is 16.5. The molecule has 1 aromatic carbocycles. The number of nitrogens with one attached hydrogen (secondary N) is 2. The molecule has 0 aliphatic heterocycles. The summed E-state index contributed by atoms with van der Waals surface area (Å²) < 4.78 is 11.5. The minimum atomic E-state index is 0.498. The summed E-state index contributed by atoms with van der Waals surface area (Å²) in [6.07, 6.45) is 6.60. The molecule has 134 valence electrons. The minimum Gasteiger partial charge on any atom is -0.494 e. The van der Waals surface area contributed by atoms with Crippen LogP contribution in [0.25, 0.3) is 0 Å². The molecule has 0 radical (unpaired) electrons. The van der Waals surface area contributed by atoms with Gasteiger partial charge < -0.3 is 20.1 Å². The van der Waals surface area contributed by atoms with Crippen LogP contribution >= 0.6 is 0 Å². The molecule has 0 saturated heterocycles. The van der Waals surface area contributed by atoms with Crippen molar-refractivity contribution in [2.45, 2.75) is 51.7 Å². The molecule has 5 heteroatoms. The summed E-state index contributed by atoms with van der Waals surface area (Å²) in [5.74, 6) is 1.73. The third-order valence-electron chi connectivity index (χ3n) is 4.21. The topological polar surface area (TPSA) is 54.9 Å². The second-order valence-electron chi connectivity index (χ2n) is 6.02. The van der Waals surface area contributed by atoms with Gasteiger partial charge in [-0.15, -0.1) is 0 Å². The van der Waals surface area contributed by atoms with Crippen LogP contribution in [-0.2, 0) is 11.3 Å². The Bertz CT molecular complexity index is 499. The van der Waals surface area contributed by atoms with Crippen LogP contribution in [-0.4, -0.2) is 38.9 Å². The number of ether oxygens (including phenoxy) is 2. The average molecular weight is 333 g/mol. The average Bonchev–Trinajstić information content (AvgIpc) is 3.12. The van der Waals surface area contributed by atoms with Crippen molar-refractivity contribution >= 4 is 5.96 Å². The van der Waals surface area contributed by atoms with E-state index in [1.54, 1.807) is 7.05 Å². The summed E-state index contributed by atoms with van der Waals surface area (Å²) >= 11 is 0. The predicted molar refractivity (Wildman–Crippen MR) is 98.6 cm³/mol. The van der Waals surface area contributed by atoms with E-state index in [-0.39, 0.29) is 0 Å². The second-order valence-corrected chi connectivity index (χ2v) is 6.02. The van der Waals surface area contributed by atoms with Gasteiger partial charge in [0, 0.05) is 32.3 Å². The van der Waals surface area contributed by atoms with Crippen LogP contribution in [0.4, 0.5) is 0 Å². The van der Waals surface area contributed by atoms with Gasteiger partial charge in [0.1, 0.15) is 5.75 Å². The Kier molecular flexibility index (Phi) is 8.46. The third-order valence-corrected chi connectivity index (χ3v) is 4.21. The Morgan fingerprint density at radius 2 is 2.00 bits per heavy atom. The smallest absolute Gasteiger partial charge is 0.191 e. The number of para-hydroxylation sites is 1. The molecule has 0 aromatic heterocycles. The Labute approximate surface area is 145 Å². The van der Waals surface area contributed by atoms with Gasteiger partial charge in [0.05, 0.1) is 12.7 Å². The highest BCUT2D eigenvalue weighted by Gasteiger charge is 2.14. The molecular weight excluding hydrogens is 302 g/mol. The first-order chi connectivity index (χ1) is 11.8. The zero-order valence-corrected chi connectivity index (χ0v) is 15.0. The van der Waals surface area contributed by atoms with Crippen molar-refractivity contribution in [1.29, 1.82) is 0 Å². The lowest BCUT2D eigenvalue weighted by atomic mass is 10.2. The molecule has 1 saturated carbocycles. The van der Waals surface area contributed by atoms with Gasteiger partial charge in [-0.2, -0.15) is 0 Å². The molecular formula is C19H31N3O2. The molecule has 0 spiro atoms. The van der Waals surface area contributed by atoms with E-state index in [0.717, 1.165) is 36.8 Å². The molecule has 2 rings (SSSR count). The number of guanidine groups is 1. The van der Waals surface area contributed by atoms with E-state index in [4.69, 9.17) is 9.47 Å². The quantitative estimate of drug-likeness (QED) is 0.414. The lowest BCUT2D eigenvalue weighted by molar-refractivity contribution is 0.0574. The van der Waals surface area contributed by atoms with Gasteiger partial charge in [-0.1, -0.05) is 31.0 Å². The first kappa shape index (κ1) is 18.6. The fourth-order valence-electron chi connectivity index (χ4n) is 2.93. The van der Waals surface area contributed by atoms with Crippen LogP contribution in [0.3, 0.4) is 0 Å². The van der Waals surface area contributed by atoms with Crippen molar-refractivity contribution in [3.8, 4) is 5.75 Å². The van der Waals surface area contributed by atoms with E-state index in [0.29, 0.717) is 19.3 Å². The summed E-state index contributed by atoms with van der Waals surface area (Å²) in [5.41, 5.74) is 1.13. The molecule has 1 aliphatic rings. The normalized spacial score (nSPS) is 15.5. The molecule has 1 aliphatic carbocycles. The molecule has 0 atom stereocenters. The maximum absolute atomic E-state index is 5.87. The Morgan fingerprint density at radius 3 is 2.75 bits per heavy atom. The van der Waals surface area contributed by atoms with E-state index in [2.05, 4.69) is 21.7 Å². The fourth-order valence-corrected chi connectivity index (χ4v) is 2.93. The van der Waals surface area contributed by atoms with Gasteiger partial charge >= 0.3 is 0 Å². The number of rotatable bonds is 9. The third kappa shape index (κ3) is 6.40. The predicted octanol–water partition coefficient (Wildman–Crippen LogP) is 3.10. The fraction of sp³-hybridized carbons (Fsp3) is 0.632. The molecule has 1 fully saturated rings. The largest absolute Gasteiger partial charge is 0.494 e. The summed E-state index contributed by atoms with van der Waals surface area (Å²) in [6, 6.07) is 8.08. The van der Waals surface area contributed by atoms with Crippen LogP contribution in [0.2, 0.25) is 0 Å². The van der Waals surface area contributed by atoms with Crippen molar-refractivity contribution in [3.05, 3.63) is 29.8 Å². The lowest BCUT2D eigenvalue weighted by Gasteiger charge is -2.15. The maximum Gasteiger partial charge on any atom is 0.191 e. The molecule has 24 heavy (non-hydrogen) atoms. The zero-order valence-electron chi connectivity index (χ0n) is 15.0. The number of benzene rings is 1. The molecule has 1 aromatic rings. The van der Waals surface area contributed by atoms with Crippen LogP contribution in [0.5, 0.6) is 5.75 Å². The summed E-state index contributed by atoms with van der Waals surface area (Å²) in [5, 5.41) is 6.67. The van der Waals surface area contributed by atoms with Crippen LogP contribution < -0.4 is 15.4 Å². The number of hydrogen-bond acceptors (Lipinski definition) is 3. The molecule has 0 unspecified atom stereocenters.